The monoisotopic (exact) mass is 492 g/mol. The Bertz CT molecular complexity index is 1210. The first-order valence-electron chi connectivity index (χ1n) is 12.0. The lowest BCUT2D eigenvalue weighted by Crippen LogP contribution is -2.44. The van der Waals surface area contributed by atoms with Crippen LogP contribution in [0.5, 0.6) is 0 Å². The Morgan fingerprint density at radius 3 is 2.44 bits per heavy atom. The molecule has 0 aromatic heterocycles. The predicted octanol–water partition coefficient (Wildman–Crippen LogP) is 3.64. The molecule has 1 heterocycles. The Kier molecular flexibility index (Phi) is 8.28. The van der Waals surface area contributed by atoms with E-state index in [1.54, 1.807) is 9.80 Å². The van der Waals surface area contributed by atoms with Gasteiger partial charge >= 0.3 is 0 Å². The molecule has 3 aromatic carbocycles. The van der Waals surface area contributed by atoms with Crippen molar-refractivity contribution in [3.05, 3.63) is 89.7 Å². The van der Waals surface area contributed by atoms with Gasteiger partial charge in [-0.1, -0.05) is 54.6 Å². The van der Waals surface area contributed by atoms with Crippen molar-refractivity contribution in [1.82, 2.24) is 10.2 Å². The van der Waals surface area contributed by atoms with Crippen LogP contribution >= 0.6 is 0 Å². The van der Waals surface area contributed by atoms with E-state index in [0.29, 0.717) is 18.7 Å². The lowest BCUT2D eigenvalue weighted by atomic mass is 10.0. The van der Waals surface area contributed by atoms with Crippen molar-refractivity contribution in [3.8, 4) is 11.1 Å². The third-order valence-electron chi connectivity index (χ3n) is 6.23. The second-order valence-corrected chi connectivity index (χ2v) is 9.01. The zero-order valence-electron chi connectivity index (χ0n) is 20.0. The maximum absolute atomic E-state index is 13.8. The Morgan fingerprint density at radius 1 is 1.00 bits per heavy atom. The fourth-order valence-corrected chi connectivity index (χ4v) is 4.44. The molecule has 2 amide bonds. The molecule has 1 atom stereocenters. The van der Waals surface area contributed by atoms with E-state index in [9.17, 15) is 18.4 Å². The molecule has 4 rings (SSSR count). The van der Waals surface area contributed by atoms with Crippen LogP contribution in [0.25, 0.3) is 11.1 Å². The van der Waals surface area contributed by atoms with Gasteiger partial charge in [-0.3, -0.25) is 9.59 Å². The highest BCUT2D eigenvalue weighted by Crippen LogP contribution is 2.30. The average molecular weight is 493 g/mol. The average Bonchev–Trinajstić information content (AvgIpc) is 3.33. The Balaban J connectivity index is 1.54. The van der Waals surface area contributed by atoms with E-state index >= 15 is 0 Å². The summed E-state index contributed by atoms with van der Waals surface area (Å²) in [5.74, 6) is -0.992. The van der Waals surface area contributed by atoms with Gasteiger partial charge in [0.25, 0.3) is 0 Å². The Hall–Kier alpha value is -3.78. The second kappa shape index (κ2) is 11.8. The van der Waals surface area contributed by atoms with Crippen molar-refractivity contribution >= 4 is 17.5 Å². The van der Waals surface area contributed by atoms with Crippen LogP contribution < -0.4 is 16.0 Å². The predicted molar refractivity (Wildman–Crippen MR) is 136 cm³/mol. The molecule has 3 aromatic rings. The van der Waals surface area contributed by atoms with Crippen LogP contribution in [0.2, 0.25) is 0 Å². The minimum atomic E-state index is -0.787. The molecular weight excluding hydrogens is 462 g/mol. The number of anilines is 1. The summed E-state index contributed by atoms with van der Waals surface area (Å²) in [6.07, 6.45) is 0.751. The summed E-state index contributed by atoms with van der Waals surface area (Å²) in [6, 6.07) is 21.3. The van der Waals surface area contributed by atoms with Gasteiger partial charge in [0.15, 0.2) is 0 Å². The highest BCUT2D eigenvalue weighted by atomic mass is 19.1. The van der Waals surface area contributed by atoms with E-state index in [0.717, 1.165) is 29.3 Å². The molecule has 188 valence electrons. The molecule has 1 unspecified atom stereocenters. The molecule has 36 heavy (non-hydrogen) atoms. The van der Waals surface area contributed by atoms with Gasteiger partial charge in [-0.05, 0) is 41.3 Å². The van der Waals surface area contributed by atoms with Gasteiger partial charge in [0, 0.05) is 36.9 Å². The number of carbonyl (C=O) groups is 2. The largest absolute Gasteiger partial charge is 0.352 e. The first kappa shape index (κ1) is 25.3. The van der Waals surface area contributed by atoms with Crippen molar-refractivity contribution in [2.45, 2.75) is 25.7 Å². The smallest absolute Gasteiger partial charge is 0.242 e. The SMILES string of the molecule is NC1CCN(C(=O)CN(CC(=O)NCc2cc(F)cc(CF)c2)c2ccccc2-c2ccccc2)C1. The summed E-state index contributed by atoms with van der Waals surface area (Å²) in [5, 5.41) is 2.77. The molecule has 6 nitrogen and oxygen atoms in total. The molecule has 1 fully saturated rings. The van der Waals surface area contributed by atoms with Crippen LogP contribution in [-0.2, 0) is 22.8 Å². The van der Waals surface area contributed by atoms with Crippen molar-refractivity contribution in [2.75, 3.05) is 31.1 Å². The molecule has 1 aliphatic rings. The molecule has 1 aliphatic heterocycles. The van der Waals surface area contributed by atoms with Crippen molar-refractivity contribution in [3.63, 3.8) is 0 Å². The number of hydrogen-bond acceptors (Lipinski definition) is 4. The number of rotatable bonds is 9. The van der Waals surface area contributed by atoms with Crippen LogP contribution in [-0.4, -0.2) is 48.9 Å². The fraction of sp³-hybridized carbons (Fsp3) is 0.286. The molecule has 3 N–H and O–H groups in total. The lowest BCUT2D eigenvalue weighted by molar-refractivity contribution is -0.128. The van der Waals surface area contributed by atoms with E-state index in [-0.39, 0.29) is 43.1 Å². The zero-order valence-corrected chi connectivity index (χ0v) is 20.0. The molecule has 0 radical (unpaired) electrons. The number of carbonyl (C=O) groups excluding carboxylic acids is 2. The number of para-hydroxylation sites is 1. The van der Waals surface area contributed by atoms with Crippen LogP contribution in [0.15, 0.2) is 72.8 Å². The van der Waals surface area contributed by atoms with E-state index in [1.807, 2.05) is 54.6 Å². The normalized spacial score (nSPS) is 15.1. The number of amides is 2. The first-order chi connectivity index (χ1) is 17.4. The molecule has 0 spiro atoms. The van der Waals surface area contributed by atoms with Gasteiger partial charge < -0.3 is 20.9 Å². The van der Waals surface area contributed by atoms with Crippen molar-refractivity contribution < 1.29 is 18.4 Å². The highest BCUT2D eigenvalue weighted by molar-refractivity contribution is 5.90. The Morgan fingerprint density at radius 2 is 1.72 bits per heavy atom. The van der Waals surface area contributed by atoms with Gasteiger partial charge in [0.2, 0.25) is 11.8 Å². The number of nitrogens with zero attached hydrogens (tertiary/aromatic N) is 2. The first-order valence-corrected chi connectivity index (χ1v) is 12.0. The maximum Gasteiger partial charge on any atom is 0.242 e. The zero-order chi connectivity index (χ0) is 25.5. The van der Waals surface area contributed by atoms with Gasteiger partial charge in [-0.15, -0.1) is 0 Å². The molecule has 8 heteroatoms. The summed E-state index contributed by atoms with van der Waals surface area (Å²) in [5.41, 5.74) is 9.29. The number of nitrogens with one attached hydrogen (secondary N) is 1. The lowest BCUT2D eigenvalue weighted by Gasteiger charge is -2.28. The summed E-state index contributed by atoms with van der Waals surface area (Å²) < 4.78 is 26.7. The third-order valence-corrected chi connectivity index (χ3v) is 6.23. The quantitative estimate of drug-likeness (QED) is 0.478. The van der Waals surface area contributed by atoms with Gasteiger partial charge in [0.1, 0.15) is 12.5 Å². The number of likely N-dealkylation sites (tertiary alicyclic amines) is 1. The van der Waals surface area contributed by atoms with Crippen molar-refractivity contribution in [2.24, 2.45) is 5.73 Å². The van der Waals surface area contributed by atoms with E-state index in [1.165, 1.54) is 12.1 Å². The molecule has 0 aliphatic carbocycles. The van der Waals surface area contributed by atoms with Crippen LogP contribution in [0.3, 0.4) is 0 Å². The fourth-order valence-electron chi connectivity index (χ4n) is 4.44. The molecular formula is C28H30F2N4O2. The summed E-state index contributed by atoms with van der Waals surface area (Å²) in [6.45, 7) is 0.279. The molecule has 1 saturated heterocycles. The minimum absolute atomic E-state index is 0.00987. The Labute approximate surface area is 209 Å². The van der Waals surface area contributed by atoms with E-state index < -0.39 is 12.5 Å². The molecule has 0 bridgehead atoms. The van der Waals surface area contributed by atoms with Crippen LogP contribution in [0, 0.1) is 5.82 Å². The van der Waals surface area contributed by atoms with Gasteiger partial charge in [0.05, 0.1) is 13.1 Å². The van der Waals surface area contributed by atoms with Crippen LogP contribution in [0.1, 0.15) is 17.5 Å². The van der Waals surface area contributed by atoms with E-state index in [4.69, 9.17) is 5.73 Å². The van der Waals surface area contributed by atoms with Crippen molar-refractivity contribution in [1.29, 1.82) is 0 Å². The van der Waals surface area contributed by atoms with Gasteiger partial charge in [-0.2, -0.15) is 0 Å². The highest BCUT2D eigenvalue weighted by Gasteiger charge is 2.26. The summed E-state index contributed by atoms with van der Waals surface area (Å²) in [7, 11) is 0. The van der Waals surface area contributed by atoms with Gasteiger partial charge in [-0.25, -0.2) is 8.78 Å². The summed E-state index contributed by atoms with van der Waals surface area (Å²) >= 11 is 0. The van der Waals surface area contributed by atoms with Crippen LogP contribution in [0.4, 0.5) is 14.5 Å². The second-order valence-electron chi connectivity index (χ2n) is 9.01. The standard InChI is InChI=1S/C28H30F2N4O2/c29-15-20-12-21(14-23(30)13-20)16-32-27(35)18-34(19-28(36)33-11-10-24(31)17-33)26-9-5-4-8-25(26)22-6-2-1-3-7-22/h1-9,12-14,24H,10-11,15-19,31H2,(H,32,35). The number of nitrogens with two attached hydrogens (primary N) is 1. The third kappa shape index (κ3) is 6.46. The topological polar surface area (TPSA) is 78.7 Å². The summed E-state index contributed by atoms with van der Waals surface area (Å²) in [4.78, 5) is 29.6. The maximum atomic E-state index is 13.8. The number of hydrogen-bond donors (Lipinski definition) is 2. The van der Waals surface area contributed by atoms with E-state index in [2.05, 4.69) is 5.32 Å². The number of halogens is 2. The minimum Gasteiger partial charge on any atom is -0.352 e. The molecule has 0 saturated carbocycles. The number of benzene rings is 3. The number of alkyl halides is 1.